The number of hydrogen-bond acceptors (Lipinski definition) is 6. The molecule has 2 aromatic carbocycles. The fourth-order valence-corrected chi connectivity index (χ4v) is 3.44. The highest BCUT2D eigenvalue weighted by atomic mass is 16.7. The quantitative estimate of drug-likeness (QED) is 0.491. The number of hydrogen-bond donors (Lipinski definition) is 4. The third kappa shape index (κ3) is 6.07. The van der Waals surface area contributed by atoms with Crippen molar-refractivity contribution in [3.63, 3.8) is 0 Å². The van der Waals surface area contributed by atoms with Crippen LogP contribution in [0.1, 0.15) is 59.5 Å². The van der Waals surface area contributed by atoms with Crippen molar-refractivity contribution in [2.24, 2.45) is 0 Å². The molecule has 8 nitrogen and oxygen atoms in total. The molecule has 0 unspecified atom stereocenters. The topological polar surface area (TPSA) is 117 Å². The summed E-state index contributed by atoms with van der Waals surface area (Å²) in [6, 6.07) is 10.3. The van der Waals surface area contributed by atoms with E-state index in [1.165, 1.54) is 6.07 Å². The van der Waals surface area contributed by atoms with Gasteiger partial charge in [0.15, 0.2) is 0 Å². The second-order valence-electron chi connectivity index (χ2n) is 9.27. The lowest BCUT2D eigenvalue weighted by atomic mass is 9.78. The first-order valence-corrected chi connectivity index (χ1v) is 11.1. The number of carbonyl (C=O) groups is 2. The van der Waals surface area contributed by atoms with Gasteiger partial charge in [-0.2, -0.15) is 0 Å². The predicted molar refractivity (Wildman–Crippen MR) is 135 cm³/mol. The van der Waals surface area contributed by atoms with Crippen molar-refractivity contribution >= 4 is 37.0 Å². The van der Waals surface area contributed by atoms with Gasteiger partial charge in [0.25, 0.3) is 11.8 Å². The highest BCUT2D eigenvalue weighted by Crippen LogP contribution is 2.36. The summed E-state index contributed by atoms with van der Waals surface area (Å²) < 4.78 is 12.0. The summed E-state index contributed by atoms with van der Waals surface area (Å²) in [6.45, 7) is 11.8. The molecule has 3 rings (SSSR count). The first-order chi connectivity index (χ1) is 15.7. The molecule has 10 heteroatoms. The Morgan fingerprint density at radius 2 is 1.26 bits per heavy atom. The van der Waals surface area contributed by atoms with Gasteiger partial charge in [0, 0.05) is 25.2 Å². The van der Waals surface area contributed by atoms with Crippen LogP contribution in [0.5, 0.6) is 0 Å². The van der Waals surface area contributed by atoms with Gasteiger partial charge in [-0.15, -0.1) is 0 Å². The Balaban J connectivity index is 0.000000257. The fourth-order valence-electron chi connectivity index (χ4n) is 3.44. The number of carbonyl (C=O) groups excluding carboxylic acids is 2. The van der Waals surface area contributed by atoms with Gasteiger partial charge >= 0.3 is 14.2 Å². The van der Waals surface area contributed by atoms with Crippen LogP contribution in [0.4, 0.5) is 0 Å². The molecule has 0 atom stereocenters. The Bertz CT molecular complexity index is 1040. The highest BCUT2D eigenvalue weighted by Gasteiger charge is 2.51. The zero-order chi connectivity index (χ0) is 25.8. The van der Waals surface area contributed by atoms with Crippen molar-refractivity contribution in [3.8, 4) is 0 Å². The molecule has 0 spiro atoms. The van der Waals surface area contributed by atoms with E-state index in [2.05, 4.69) is 10.6 Å². The van der Waals surface area contributed by atoms with Crippen LogP contribution >= 0.6 is 0 Å². The van der Waals surface area contributed by atoms with E-state index in [1.807, 2.05) is 52.8 Å². The van der Waals surface area contributed by atoms with Crippen molar-refractivity contribution in [3.05, 3.63) is 58.7 Å². The Morgan fingerprint density at radius 1 is 0.824 bits per heavy atom. The lowest BCUT2D eigenvalue weighted by Gasteiger charge is -2.32. The Labute approximate surface area is 202 Å². The fraction of sp³-hybridized carbons (Fsp3) is 0.417. The minimum Gasteiger partial charge on any atom is -0.423 e. The minimum atomic E-state index is -1.49. The van der Waals surface area contributed by atoms with Crippen LogP contribution in [-0.2, 0) is 9.31 Å². The standard InChI is InChI=1S/C15H22BNO3.C9H12BNO3/c1-10-9-11(7-8-12(10)13(18)17-6)16-19-14(2,3)15(4,5)20-16;1-6-5-7(10(13)14)3-4-8(6)9(12)11-2/h7-9H,1-6H3,(H,17,18);3-5,13-14H,1-2H3,(H,11,12). The summed E-state index contributed by atoms with van der Waals surface area (Å²) in [7, 11) is 1.30. The molecule has 0 radical (unpaired) electrons. The Kier molecular flexibility index (Phi) is 8.71. The third-order valence-corrected chi connectivity index (χ3v) is 6.27. The van der Waals surface area contributed by atoms with Crippen molar-refractivity contribution in [1.29, 1.82) is 0 Å². The molecule has 0 aliphatic carbocycles. The van der Waals surface area contributed by atoms with E-state index in [0.717, 1.165) is 16.6 Å². The average Bonchev–Trinajstić information content (AvgIpc) is 2.99. The average molecular weight is 468 g/mol. The lowest BCUT2D eigenvalue weighted by Crippen LogP contribution is -2.41. The van der Waals surface area contributed by atoms with Gasteiger partial charge in [-0.1, -0.05) is 24.3 Å². The number of nitrogens with one attached hydrogen (secondary N) is 2. The SMILES string of the molecule is CNC(=O)c1ccc(B(O)O)cc1C.CNC(=O)c1ccc(B2OC(C)(C)C(C)(C)O2)cc1C. The molecule has 1 aliphatic heterocycles. The third-order valence-electron chi connectivity index (χ3n) is 6.27. The van der Waals surface area contributed by atoms with Gasteiger partial charge < -0.3 is 30.0 Å². The molecule has 0 bridgehead atoms. The van der Waals surface area contributed by atoms with Crippen LogP contribution in [0.3, 0.4) is 0 Å². The van der Waals surface area contributed by atoms with E-state index in [9.17, 15) is 9.59 Å². The van der Waals surface area contributed by atoms with E-state index >= 15 is 0 Å². The zero-order valence-electron chi connectivity index (χ0n) is 21.1. The predicted octanol–water partition coefficient (Wildman–Crippen LogP) is 0.688. The maximum atomic E-state index is 11.7. The summed E-state index contributed by atoms with van der Waals surface area (Å²) in [6.07, 6.45) is 0. The second-order valence-corrected chi connectivity index (χ2v) is 9.27. The van der Waals surface area contributed by atoms with Crippen molar-refractivity contribution in [2.45, 2.75) is 52.7 Å². The first kappa shape index (κ1) is 27.6. The van der Waals surface area contributed by atoms with Crippen LogP contribution in [0.2, 0.25) is 0 Å². The zero-order valence-corrected chi connectivity index (χ0v) is 21.1. The van der Waals surface area contributed by atoms with Crippen molar-refractivity contribution in [2.75, 3.05) is 14.1 Å². The maximum Gasteiger partial charge on any atom is 0.494 e. The monoisotopic (exact) mass is 468 g/mol. The van der Waals surface area contributed by atoms with E-state index < -0.39 is 14.2 Å². The summed E-state index contributed by atoms with van der Waals surface area (Å²) in [4.78, 5) is 23.0. The van der Waals surface area contributed by atoms with E-state index in [-0.39, 0.29) is 23.0 Å². The minimum absolute atomic E-state index is 0.0806. The van der Waals surface area contributed by atoms with E-state index in [4.69, 9.17) is 19.4 Å². The second kappa shape index (κ2) is 10.7. The molecule has 1 aliphatic rings. The molecular weight excluding hydrogens is 434 g/mol. The van der Waals surface area contributed by atoms with Gasteiger partial charge in [-0.05, 0) is 75.7 Å². The van der Waals surface area contributed by atoms with Crippen LogP contribution in [-0.4, -0.2) is 61.4 Å². The number of amides is 2. The van der Waals surface area contributed by atoms with Crippen LogP contribution in [0, 0.1) is 13.8 Å². The van der Waals surface area contributed by atoms with Crippen molar-refractivity contribution in [1.82, 2.24) is 10.6 Å². The van der Waals surface area contributed by atoms with Crippen LogP contribution in [0.15, 0.2) is 36.4 Å². The Hall–Kier alpha value is -2.65. The smallest absolute Gasteiger partial charge is 0.423 e. The van der Waals surface area contributed by atoms with Gasteiger partial charge in [0.1, 0.15) is 0 Å². The largest absolute Gasteiger partial charge is 0.494 e. The van der Waals surface area contributed by atoms with Gasteiger partial charge in [0.05, 0.1) is 11.2 Å². The maximum absolute atomic E-state index is 11.7. The summed E-state index contributed by atoms with van der Waals surface area (Å²) in [5.74, 6) is -0.260. The van der Waals surface area contributed by atoms with Gasteiger partial charge in [-0.25, -0.2) is 0 Å². The Morgan fingerprint density at radius 3 is 1.65 bits per heavy atom. The summed E-state index contributed by atoms with van der Waals surface area (Å²) in [5.41, 5.74) is 3.45. The highest BCUT2D eigenvalue weighted by molar-refractivity contribution is 6.62. The molecule has 34 heavy (non-hydrogen) atoms. The van der Waals surface area contributed by atoms with Crippen LogP contribution < -0.4 is 21.6 Å². The van der Waals surface area contributed by atoms with Gasteiger partial charge in [-0.3, -0.25) is 9.59 Å². The molecule has 4 N–H and O–H groups in total. The molecular formula is C24H34B2N2O6. The molecule has 1 saturated heterocycles. The number of rotatable bonds is 4. The summed E-state index contributed by atoms with van der Waals surface area (Å²) in [5, 5.41) is 22.9. The summed E-state index contributed by atoms with van der Waals surface area (Å²) >= 11 is 0. The van der Waals surface area contributed by atoms with Crippen LogP contribution in [0.25, 0.3) is 0 Å². The number of aryl methyl sites for hydroxylation is 2. The first-order valence-electron chi connectivity index (χ1n) is 11.1. The molecule has 182 valence electrons. The molecule has 0 aromatic heterocycles. The molecule has 2 amide bonds. The number of benzene rings is 2. The lowest BCUT2D eigenvalue weighted by molar-refractivity contribution is 0.00578. The molecule has 2 aromatic rings. The molecule has 0 saturated carbocycles. The van der Waals surface area contributed by atoms with Crippen molar-refractivity contribution < 1.29 is 28.9 Å². The van der Waals surface area contributed by atoms with E-state index in [1.54, 1.807) is 33.2 Å². The normalized spacial score (nSPS) is 15.8. The molecule has 1 heterocycles. The van der Waals surface area contributed by atoms with E-state index in [0.29, 0.717) is 16.6 Å². The molecule has 1 fully saturated rings. The van der Waals surface area contributed by atoms with Gasteiger partial charge in [0.2, 0.25) is 0 Å².